The average molecular weight is 703 g/mol. The monoisotopic (exact) mass is 702 g/mol. The molecule has 3 heterocycles. The van der Waals surface area contributed by atoms with Crippen LogP contribution < -0.4 is 0 Å². The molecule has 3 saturated heterocycles. The molecule has 0 saturated carbocycles. The molecular formula is C22H39O23P. The van der Waals surface area contributed by atoms with Gasteiger partial charge in [0, 0.05) is 6.42 Å². The Hall–Kier alpha value is -1.10. The second-order valence-corrected chi connectivity index (χ2v) is 12.0. The third-order valence-corrected chi connectivity index (χ3v) is 8.14. The Bertz CT molecular complexity index is 1050. The lowest BCUT2D eigenvalue weighted by Gasteiger charge is -2.49. The van der Waals surface area contributed by atoms with Gasteiger partial charge in [0.25, 0.3) is 5.79 Å². The van der Waals surface area contributed by atoms with Gasteiger partial charge in [0.15, 0.2) is 12.6 Å². The van der Waals surface area contributed by atoms with E-state index < -0.39 is 144 Å². The number of carboxylic acid groups (broad SMARTS) is 1. The highest BCUT2D eigenvalue weighted by molar-refractivity contribution is 7.46. The topological polar surface area (TPSA) is 393 Å². The molecule has 0 aromatic carbocycles. The van der Waals surface area contributed by atoms with E-state index in [4.69, 9.17) is 23.7 Å². The molecule has 23 nitrogen and oxygen atoms in total. The van der Waals surface area contributed by atoms with Gasteiger partial charge in [0.05, 0.1) is 19.8 Å². The van der Waals surface area contributed by atoms with Gasteiger partial charge in [0.2, 0.25) is 0 Å². The smallest absolute Gasteiger partial charge is 0.469 e. The van der Waals surface area contributed by atoms with Gasteiger partial charge < -0.3 is 99.9 Å². The third-order valence-electron chi connectivity index (χ3n) is 7.60. The highest BCUT2D eigenvalue weighted by Gasteiger charge is 2.58. The van der Waals surface area contributed by atoms with Crippen LogP contribution in [0.15, 0.2) is 0 Å². The predicted octanol–water partition coefficient (Wildman–Crippen LogP) is -8.89. The largest absolute Gasteiger partial charge is 0.477 e. The molecule has 0 amide bonds. The van der Waals surface area contributed by atoms with Crippen LogP contribution in [-0.2, 0) is 37.6 Å². The molecule has 0 aromatic heterocycles. The molecule has 3 rings (SSSR count). The summed E-state index contributed by atoms with van der Waals surface area (Å²) in [5.74, 6) is -5.37. The van der Waals surface area contributed by atoms with Crippen LogP contribution in [0.1, 0.15) is 6.42 Å². The lowest BCUT2D eigenvalue weighted by molar-refractivity contribution is -0.375. The molecule has 15 N–H and O–H groups in total. The summed E-state index contributed by atoms with van der Waals surface area (Å²) in [4.78, 5) is 30.5. The minimum absolute atomic E-state index is 0.971. The predicted molar refractivity (Wildman–Crippen MR) is 135 cm³/mol. The van der Waals surface area contributed by atoms with Crippen molar-refractivity contribution in [2.24, 2.45) is 0 Å². The number of rotatable bonds is 13. The molecule has 3 aliphatic rings. The number of aliphatic hydroxyl groups excluding tert-OH is 11. The van der Waals surface area contributed by atoms with E-state index in [0.29, 0.717) is 0 Å². The number of carboxylic acids is 1. The maximum Gasteiger partial charge on any atom is 0.469 e. The number of aliphatic carboxylic acids is 1. The first-order valence-electron chi connectivity index (χ1n) is 13.6. The van der Waals surface area contributed by atoms with Gasteiger partial charge in [-0.1, -0.05) is 0 Å². The van der Waals surface area contributed by atoms with Crippen molar-refractivity contribution in [1.29, 1.82) is 0 Å². The average Bonchev–Trinajstić information content (AvgIpc) is 2.99. The third kappa shape index (κ3) is 8.54. The molecule has 17 atom stereocenters. The van der Waals surface area contributed by atoms with Gasteiger partial charge in [-0.2, -0.15) is 0 Å². The summed E-state index contributed by atoms with van der Waals surface area (Å²) in [5, 5.41) is 131. The van der Waals surface area contributed by atoms with Gasteiger partial charge in [-0.25, -0.2) is 9.36 Å². The molecule has 270 valence electrons. The van der Waals surface area contributed by atoms with Crippen molar-refractivity contribution >= 4 is 13.8 Å². The van der Waals surface area contributed by atoms with E-state index in [1.165, 1.54) is 0 Å². The lowest BCUT2D eigenvalue weighted by Crippen LogP contribution is -2.67. The Balaban J connectivity index is 1.91. The van der Waals surface area contributed by atoms with E-state index in [2.05, 4.69) is 4.52 Å². The lowest BCUT2D eigenvalue weighted by atomic mass is 9.91. The number of hydrogen-bond donors (Lipinski definition) is 15. The second-order valence-electron chi connectivity index (χ2n) is 10.8. The molecule has 0 bridgehead atoms. The highest BCUT2D eigenvalue weighted by atomic mass is 31.2. The first-order chi connectivity index (χ1) is 21.3. The van der Waals surface area contributed by atoms with Gasteiger partial charge in [-0.15, -0.1) is 0 Å². The standard InChI is InChI=1S/C22H39O23P/c23-2-5(26)15-11(30)9(28)13(32)19(41-15)40-8(4-25)17-12(31)10(29)14(33)20(42-17)43-18-7(45-46(37,38)39)1-22(36,21(34)35)44-16(18)6(27)3-24/h5-20,23-33,36H,1-4H2,(H,34,35)(H2,37,38,39)/t5-,6+,7+,8-,9-,10-,11-,12-,13-,14-,15+,16+,17+,18+,19-,20+,22+/m0/s1. The summed E-state index contributed by atoms with van der Waals surface area (Å²) in [7, 11) is -5.54. The van der Waals surface area contributed by atoms with Crippen molar-refractivity contribution < 1.29 is 114 Å². The fraction of sp³-hybridized carbons (Fsp3) is 0.955. The molecule has 0 aliphatic carbocycles. The Labute approximate surface area is 258 Å². The fourth-order valence-corrected chi connectivity index (χ4v) is 5.72. The molecule has 0 unspecified atom stereocenters. The van der Waals surface area contributed by atoms with Crippen LogP contribution in [0.25, 0.3) is 0 Å². The Morgan fingerprint density at radius 2 is 1.28 bits per heavy atom. The maximum atomic E-state index is 11.7. The first-order valence-corrected chi connectivity index (χ1v) is 15.1. The van der Waals surface area contributed by atoms with E-state index in [9.17, 15) is 85.5 Å². The zero-order valence-electron chi connectivity index (χ0n) is 23.5. The number of ether oxygens (including phenoxy) is 5. The minimum atomic E-state index is -5.54. The van der Waals surface area contributed by atoms with E-state index >= 15 is 0 Å². The van der Waals surface area contributed by atoms with Crippen molar-refractivity contribution in [1.82, 2.24) is 0 Å². The van der Waals surface area contributed by atoms with Crippen LogP contribution in [0.2, 0.25) is 0 Å². The molecular weight excluding hydrogens is 663 g/mol. The first kappa shape index (κ1) is 39.3. The van der Waals surface area contributed by atoms with Gasteiger partial charge in [0.1, 0.15) is 85.5 Å². The normalized spacial score (nSPS) is 44.3. The Kier molecular flexibility index (Phi) is 13.4. The van der Waals surface area contributed by atoms with Gasteiger partial charge in [-0.3, -0.25) is 4.52 Å². The van der Waals surface area contributed by atoms with E-state index in [1.807, 2.05) is 0 Å². The number of carbonyl (C=O) groups is 1. The molecule has 24 heteroatoms. The van der Waals surface area contributed by atoms with Crippen molar-refractivity contribution in [2.45, 2.75) is 110 Å². The number of aliphatic hydroxyl groups is 12. The summed E-state index contributed by atoms with van der Waals surface area (Å²) in [6.07, 6.45) is -34.3. The summed E-state index contributed by atoms with van der Waals surface area (Å²) in [6, 6.07) is 0. The Morgan fingerprint density at radius 1 is 0.783 bits per heavy atom. The quantitative estimate of drug-likeness (QED) is 0.0792. The summed E-state index contributed by atoms with van der Waals surface area (Å²) >= 11 is 0. The molecule has 0 aromatic rings. The number of hydrogen-bond acceptors (Lipinski definition) is 20. The van der Waals surface area contributed by atoms with Crippen molar-refractivity contribution in [3.8, 4) is 0 Å². The van der Waals surface area contributed by atoms with Crippen LogP contribution >= 0.6 is 7.82 Å². The van der Waals surface area contributed by atoms with E-state index in [0.717, 1.165) is 0 Å². The highest BCUT2D eigenvalue weighted by Crippen LogP contribution is 2.44. The molecule has 0 radical (unpaired) electrons. The summed E-state index contributed by atoms with van der Waals surface area (Å²) < 4.78 is 42.8. The second kappa shape index (κ2) is 15.6. The molecule has 3 fully saturated rings. The van der Waals surface area contributed by atoms with Crippen molar-refractivity contribution in [3.05, 3.63) is 0 Å². The summed E-state index contributed by atoms with van der Waals surface area (Å²) in [5.41, 5.74) is 0. The fourth-order valence-electron chi connectivity index (χ4n) is 5.17. The number of phosphoric ester groups is 1. The molecule has 46 heavy (non-hydrogen) atoms. The van der Waals surface area contributed by atoms with Crippen LogP contribution in [-0.4, -0.2) is 206 Å². The zero-order valence-corrected chi connectivity index (χ0v) is 24.4. The molecule has 0 spiro atoms. The van der Waals surface area contributed by atoms with Crippen LogP contribution in [0.5, 0.6) is 0 Å². The zero-order chi connectivity index (χ0) is 34.9. The number of phosphoric acid groups is 1. The summed E-state index contributed by atoms with van der Waals surface area (Å²) in [6.45, 7) is -3.32. The maximum absolute atomic E-state index is 11.7. The Morgan fingerprint density at radius 3 is 1.78 bits per heavy atom. The molecule has 3 aliphatic heterocycles. The van der Waals surface area contributed by atoms with Crippen molar-refractivity contribution in [3.63, 3.8) is 0 Å². The SMILES string of the molecule is O=C(O)[C@@]1(O)C[C@@H](OP(=O)(O)O)[C@@H](O[C@H]2O[C@H]([C@H](CO)O[C@H]3O[C@H]([C@@H](O)CO)[C@@H](O)[C@H](O)[C@@H]3O)[C@@H](O)[C@H](O)[C@@H]2O)[C@@H]([C@H](O)CO)O1. The van der Waals surface area contributed by atoms with Crippen molar-refractivity contribution in [2.75, 3.05) is 19.8 Å². The van der Waals surface area contributed by atoms with Crippen LogP contribution in [0.4, 0.5) is 0 Å². The van der Waals surface area contributed by atoms with E-state index in [1.54, 1.807) is 0 Å². The van der Waals surface area contributed by atoms with Gasteiger partial charge in [-0.05, 0) is 0 Å². The van der Waals surface area contributed by atoms with Crippen LogP contribution in [0, 0.1) is 0 Å². The van der Waals surface area contributed by atoms with Gasteiger partial charge >= 0.3 is 13.8 Å². The van der Waals surface area contributed by atoms with E-state index in [-0.39, 0.29) is 0 Å². The van der Waals surface area contributed by atoms with Crippen LogP contribution in [0.3, 0.4) is 0 Å². The minimum Gasteiger partial charge on any atom is -0.477 e.